The Morgan fingerprint density at radius 3 is 2.45 bits per heavy atom. The summed E-state index contributed by atoms with van der Waals surface area (Å²) in [5.74, 6) is -0.0304. The van der Waals surface area contributed by atoms with Crippen LogP contribution < -0.4 is 5.32 Å². The second kappa shape index (κ2) is 13.6. The molecule has 0 spiro atoms. The first kappa shape index (κ1) is 28.5. The Morgan fingerprint density at radius 1 is 1.02 bits per heavy atom. The number of carboxylic acids is 1. The van der Waals surface area contributed by atoms with Crippen molar-refractivity contribution in [1.29, 1.82) is 0 Å². The number of aliphatic hydroxyl groups is 1. The van der Waals surface area contributed by atoms with E-state index in [1.54, 1.807) is 0 Å². The molecule has 0 radical (unpaired) electrons. The SMILES string of the molecule is CCCCNc1ncc2c(-c3ccc(CN4CCN(CCCC(=O)O)CC4)cc3)cn([C@H]3CC[C@H](O)CC3)c2n1. The van der Waals surface area contributed by atoms with E-state index >= 15 is 0 Å². The van der Waals surface area contributed by atoms with Gasteiger partial charge in [0.05, 0.1) is 6.10 Å². The zero-order valence-electron chi connectivity index (χ0n) is 23.8. The summed E-state index contributed by atoms with van der Waals surface area (Å²) in [5.41, 5.74) is 4.59. The average molecular weight is 549 g/mol. The van der Waals surface area contributed by atoms with Crippen LogP contribution in [0.4, 0.5) is 5.95 Å². The fourth-order valence-electron chi connectivity index (χ4n) is 6.01. The summed E-state index contributed by atoms with van der Waals surface area (Å²) in [4.78, 5) is 25.2. The molecule has 3 N–H and O–H groups in total. The lowest BCUT2D eigenvalue weighted by Crippen LogP contribution is -2.46. The molecule has 9 heteroatoms. The van der Waals surface area contributed by atoms with Crippen LogP contribution in [0.2, 0.25) is 0 Å². The summed E-state index contributed by atoms with van der Waals surface area (Å²) in [6, 6.07) is 9.23. The number of unbranched alkanes of at least 4 members (excludes halogenated alkanes) is 1. The van der Waals surface area contributed by atoms with Crippen LogP contribution in [0.3, 0.4) is 0 Å². The Morgan fingerprint density at radius 2 is 1.75 bits per heavy atom. The minimum atomic E-state index is -0.711. The summed E-state index contributed by atoms with van der Waals surface area (Å²) in [7, 11) is 0. The molecule has 216 valence electrons. The van der Waals surface area contributed by atoms with Gasteiger partial charge in [-0.2, -0.15) is 4.98 Å². The molecule has 3 heterocycles. The summed E-state index contributed by atoms with van der Waals surface area (Å²) in [6.45, 7) is 8.82. The van der Waals surface area contributed by atoms with Gasteiger partial charge in [0.1, 0.15) is 5.65 Å². The first-order valence-corrected chi connectivity index (χ1v) is 15.1. The molecule has 5 rings (SSSR count). The van der Waals surface area contributed by atoms with Crippen molar-refractivity contribution in [3.63, 3.8) is 0 Å². The van der Waals surface area contributed by atoms with E-state index in [9.17, 15) is 9.90 Å². The number of aliphatic hydroxyl groups excluding tert-OH is 1. The standard InChI is InChI=1S/C31H44N6O3/c1-2-3-14-32-31-33-20-27-28(22-37(30(27)34-31)25-10-12-26(38)13-11-25)24-8-6-23(7-9-24)21-36-18-16-35(17-19-36)15-4-5-29(39)40/h6-9,20,22,25-26,38H,2-5,10-19,21H2,1H3,(H,39,40)(H,32,33,34)/t25-,26-. The summed E-state index contributed by atoms with van der Waals surface area (Å²) in [6.07, 6.45) is 10.8. The molecule has 40 heavy (non-hydrogen) atoms. The normalized spacial score (nSPS) is 20.6. The molecule has 1 aliphatic heterocycles. The summed E-state index contributed by atoms with van der Waals surface area (Å²) < 4.78 is 2.33. The van der Waals surface area contributed by atoms with E-state index in [1.165, 1.54) is 11.1 Å². The van der Waals surface area contributed by atoms with Gasteiger partial charge in [-0.3, -0.25) is 9.69 Å². The topological polar surface area (TPSA) is 107 Å². The third-order valence-corrected chi connectivity index (χ3v) is 8.45. The van der Waals surface area contributed by atoms with E-state index in [2.05, 4.69) is 62.1 Å². The van der Waals surface area contributed by atoms with Crippen molar-refractivity contribution < 1.29 is 15.0 Å². The Balaban J connectivity index is 1.28. The number of nitrogens with zero attached hydrogens (tertiary/aromatic N) is 5. The lowest BCUT2D eigenvalue weighted by Gasteiger charge is -2.34. The van der Waals surface area contributed by atoms with Crippen LogP contribution >= 0.6 is 0 Å². The smallest absolute Gasteiger partial charge is 0.303 e. The first-order chi connectivity index (χ1) is 19.5. The van der Waals surface area contributed by atoms with Crippen molar-refractivity contribution in [2.45, 2.75) is 77.0 Å². The van der Waals surface area contributed by atoms with Gasteiger partial charge in [0.2, 0.25) is 5.95 Å². The second-order valence-corrected chi connectivity index (χ2v) is 11.4. The summed E-state index contributed by atoms with van der Waals surface area (Å²) >= 11 is 0. The predicted molar refractivity (Wildman–Crippen MR) is 158 cm³/mol. The molecule has 0 unspecified atom stereocenters. The zero-order chi connectivity index (χ0) is 27.9. The van der Waals surface area contributed by atoms with E-state index < -0.39 is 5.97 Å². The highest BCUT2D eigenvalue weighted by molar-refractivity contribution is 5.94. The molecule has 1 saturated heterocycles. The van der Waals surface area contributed by atoms with Crippen molar-refractivity contribution in [3.05, 3.63) is 42.2 Å². The quantitative estimate of drug-likeness (QED) is 0.278. The molecular formula is C31H44N6O3. The third-order valence-electron chi connectivity index (χ3n) is 8.45. The van der Waals surface area contributed by atoms with Crippen molar-refractivity contribution in [2.24, 2.45) is 0 Å². The maximum Gasteiger partial charge on any atom is 0.303 e. The largest absolute Gasteiger partial charge is 0.481 e. The Hall–Kier alpha value is -3.01. The zero-order valence-corrected chi connectivity index (χ0v) is 23.8. The Bertz CT molecular complexity index is 1240. The minimum Gasteiger partial charge on any atom is -0.481 e. The van der Waals surface area contributed by atoms with Crippen LogP contribution in [0.1, 0.15) is 69.9 Å². The van der Waals surface area contributed by atoms with Gasteiger partial charge >= 0.3 is 5.97 Å². The summed E-state index contributed by atoms with van der Waals surface area (Å²) in [5, 5.41) is 23.4. The van der Waals surface area contributed by atoms with E-state index in [1.807, 2.05) is 6.20 Å². The number of fused-ring (bicyclic) bond motifs is 1. The van der Waals surface area contributed by atoms with E-state index in [0.29, 0.717) is 12.0 Å². The highest BCUT2D eigenvalue weighted by Gasteiger charge is 2.24. The Kier molecular flexibility index (Phi) is 9.67. The first-order valence-electron chi connectivity index (χ1n) is 15.1. The van der Waals surface area contributed by atoms with E-state index in [0.717, 1.165) is 107 Å². The molecular weight excluding hydrogens is 504 g/mol. The number of hydrogen-bond acceptors (Lipinski definition) is 7. The molecule has 1 aromatic carbocycles. The molecule has 0 amide bonds. The minimum absolute atomic E-state index is 0.189. The lowest BCUT2D eigenvalue weighted by atomic mass is 9.93. The monoisotopic (exact) mass is 548 g/mol. The third kappa shape index (κ3) is 7.19. The highest BCUT2D eigenvalue weighted by atomic mass is 16.4. The fraction of sp³-hybridized carbons (Fsp3) is 0.581. The maximum absolute atomic E-state index is 10.8. The lowest BCUT2D eigenvalue weighted by molar-refractivity contribution is -0.137. The van der Waals surface area contributed by atoms with E-state index in [4.69, 9.17) is 10.1 Å². The van der Waals surface area contributed by atoms with Crippen molar-refractivity contribution >= 4 is 23.0 Å². The number of carboxylic acid groups (broad SMARTS) is 1. The molecule has 3 aromatic rings. The molecule has 2 aromatic heterocycles. The van der Waals surface area contributed by atoms with Crippen molar-refractivity contribution in [1.82, 2.24) is 24.3 Å². The van der Waals surface area contributed by atoms with Gasteiger partial charge in [-0.05, 0) is 56.2 Å². The number of nitrogens with one attached hydrogen (secondary N) is 1. The molecule has 9 nitrogen and oxygen atoms in total. The van der Waals surface area contributed by atoms with Crippen LogP contribution in [-0.2, 0) is 11.3 Å². The van der Waals surface area contributed by atoms with Gasteiger partial charge in [-0.25, -0.2) is 4.98 Å². The number of carbonyl (C=O) groups is 1. The number of piperazine rings is 1. The van der Waals surface area contributed by atoms with Crippen LogP contribution in [0.25, 0.3) is 22.2 Å². The number of hydrogen-bond donors (Lipinski definition) is 3. The number of aromatic nitrogens is 3. The predicted octanol–water partition coefficient (Wildman–Crippen LogP) is 4.77. The number of aliphatic carboxylic acids is 1. The molecule has 2 fully saturated rings. The van der Waals surface area contributed by atoms with Crippen LogP contribution in [-0.4, -0.2) is 85.9 Å². The second-order valence-electron chi connectivity index (χ2n) is 11.4. The van der Waals surface area contributed by atoms with Gasteiger partial charge in [0.15, 0.2) is 0 Å². The molecule has 2 aliphatic rings. The van der Waals surface area contributed by atoms with E-state index in [-0.39, 0.29) is 12.5 Å². The van der Waals surface area contributed by atoms with Gasteiger partial charge in [-0.1, -0.05) is 37.6 Å². The van der Waals surface area contributed by atoms with Crippen molar-refractivity contribution in [3.8, 4) is 11.1 Å². The number of benzene rings is 1. The van der Waals surface area contributed by atoms with Gasteiger partial charge in [0, 0.05) is 75.1 Å². The molecule has 0 bridgehead atoms. The van der Waals surface area contributed by atoms with Crippen molar-refractivity contribution in [2.75, 3.05) is 44.6 Å². The van der Waals surface area contributed by atoms with Gasteiger partial charge in [0.25, 0.3) is 0 Å². The number of rotatable bonds is 12. The maximum atomic E-state index is 10.8. The highest BCUT2D eigenvalue weighted by Crippen LogP contribution is 2.36. The molecule has 1 saturated carbocycles. The van der Waals surface area contributed by atoms with Gasteiger partial charge in [-0.15, -0.1) is 0 Å². The molecule has 0 atom stereocenters. The van der Waals surface area contributed by atoms with Crippen LogP contribution in [0.15, 0.2) is 36.7 Å². The van der Waals surface area contributed by atoms with Crippen LogP contribution in [0.5, 0.6) is 0 Å². The van der Waals surface area contributed by atoms with Crippen LogP contribution in [0, 0.1) is 0 Å². The fourth-order valence-corrected chi connectivity index (χ4v) is 6.01. The number of anilines is 1. The Labute approximate surface area is 237 Å². The molecule has 1 aliphatic carbocycles. The van der Waals surface area contributed by atoms with Gasteiger partial charge < -0.3 is 25.0 Å². The average Bonchev–Trinajstić information content (AvgIpc) is 3.34.